The smallest absolute Gasteiger partial charge is 0.161 e. The molecule has 0 N–H and O–H groups in total. The van der Waals surface area contributed by atoms with Gasteiger partial charge in [0.25, 0.3) is 0 Å². The zero-order chi connectivity index (χ0) is 39.5. The summed E-state index contributed by atoms with van der Waals surface area (Å²) in [6, 6.07) is 74.4. The summed E-state index contributed by atoms with van der Waals surface area (Å²) in [4.78, 5) is 11.0. The molecule has 2 nitrogen and oxygen atoms in total. The summed E-state index contributed by atoms with van der Waals surface area (Å²) in [6.45, 7) is 4.68. The maximum absolute atomic E-state index is 5.56. The van der Waals surface area contributed by atoms with Gasteiger partial charge in [-0.05, 0) is 102 Å². The van der Waals surface area contributed by atoms with Crippen LogP contribution in [-0.4, -0.2) is 9.97 Å². The minimum Gasteiger partial charge on any atom is -0.228 e. The van der Waals surface area contributed by atoms with E-state index in [9.17, 15) is 0 Å². The molecule has 59 heavy (non-hydrogen) atoms. The minimum absolute atomic E-state index is 0.339. The van der Waals surface area contributed by atoms with Crippen LogP contribution in [0.5, 0.6) is 0 Å². The van der Waals surface area contributed by atoms with Crippen LogP contribution in [0, 0.1) is 0 Å². The van der Waals surface area contributed by atoms with Crippen molar-refractivity contribution < 1.29 is 0 Å². The molecular formula is C57H40N2. The van der Waals surface area contributed by atoms with Crippen LogP contribution in [0.25, 0.3) is 100.0 Å². The number of aromatic nitrogens is 2. The molecule has 1 aromatic heterocycles. The molecule has 0 bridgehead atoms. The van der Waals surface area contributed by atoms with E-state index in [4.69, 9.17) is 9.97 Å². The zero-order valence-electron chi connectivity index (χ0n) is 33.0. The van der Waals surface area contributed by atoms with Crippen molar-refractivity contribution in [3.8, 4) is 78.4 Å². The van der Waals surface area contributed by atoms with E-state index in [1.807, 2.05) is 0 Å². The van der Waals surface area contributed by atoms with E-state index >= 15 is 0 Å². The second-order valence-corrected chi connectivity index (χ2v) is 16.2. The molecule has 0 aliphatic heterocycles. The molecule has 0 radical (unpaired) electrons. The molecule has 0 saturated carbocycles. The van der Waals surface area contributed by atoms with Crippen molar-refractivity contribution in [2.75, 3.05) is 0 Å². The molecule has 278 valence electrons. The van der Waals surface area contributed by atoms with Crippen molar-refractivity contribution in [2.24, 2.45) is 0 Å². The summed E-state index contributed by atoms with van der Waals surface area (Å²) < 4.78 is 0. The van der Waals surface area contributed by atoms with Gasteiger partial charge in [0.05, 0.1) is 11.4 Å². The number of hydrogen-bond acceptors (Lipinski definition) is 2. The van der Waals surface area contributed by atoms with Crippen LogP contribution in [0.4, 0.5) is 0 Å². The normalized spacial score (nSPS) is 12.7. The second-order valence-electron chi connectivity index (χ2n) is 16.2. The summed E-state index contributed by atoms with van der Waals surface area (Å²) in [6.07, 6.45) is 0. The summed E-state index contributed by atoms with van der Waals surface area (Å²) in [5, 5.41) is 4.83. The van der Waals surface area contributed by atoms with E-state index in [0.717, 1.165) is 44.9 Å². The highest BCUT2D eigenvalue weighted by Gasteiger charge is 2.41. The van der Waals surface area contributed by atoms with Gasteiger partial charge in [0.2, 0.25) is 0 Å². The Morgan fingerprint density at radius 2 is 0.746 bits per heavy atom. The van der Waals surface area contributed by atoms with E-state index < -0.39 is 0 Å². The first-order chi connectivity index (χ1) is 29.0. The first kappa shape index (κ1) is 34.8. The molecule has 0 spiro atoms. The number of fused-ring (bicyclic) bond motifs is 6. The standard InChI is InChI=1S/C57H40N2/c1-57(2)52-49-28-12-10-21-40(49)30-31-51(52)55-53(57)54(58-56(59-55)50-29-15-22-39-20-9-11-27-48(39)50)44-26-14-24-42(33-44)41-23-13-25-43(32-41)47-35-45(37-16-5-3-6-17-37)34-46(36-47)38-18-7-4-8-19-38/h3-36H,1-2H3. The monoisotopic (exact) mass is 752 g/mol. The van der Waals surface area contributed by atoms with Crippen LogP contribution in [0.2, 0.25) is 0 Å². The molecule has 11 rings (SSSR count). The van der Waals surface area contributed by atoms with Crippen LogP contribution >= 0.6 is 0 Å². The minimum atomic E-state index is -0.339. The van der Waals surface area contributed by atoms with Gasteiger partial charge < -0.3 is 0 Å². The van der Waals surface area contributed by atoms with Gasteiger partial charge in [0.15, 0.2) is 5.82 Å². The lowest BCUT2D eigenvalue weighted by Gasteiger charge is -2.25. The van der Waals surface area contributed by atoms with E-state index in [1.54, 1.807) is 0 Å². The SMILES string of the molecule is CC1(C)c2c(-c3cccc(-c4cccc(-c5cc(-c6ccccc6)cc(-c6ccccc6)c5)c4)c3)nc(-c3cccc4ccccc34)nc2-c2ccc3ccccc3c21. The third-order valence-corrected chi connectivity index (χ3v) is 12.2. The third kappa shape index (κ3) is 5.96. The molecule has 1 aliphatic carbocycles. The molecule has 0 atom stereocenters. The molecule has 9 aromatic carbocycles. The molecule has 10 aromatic rings. The zero-order valence-corrected chi connectivity index (χ0v) is 33.0. The van der Waals surface area contributed by atoms with Crippen molar-refractivity contribution in [3.05, 3.63) is 217 Å². The molecule has 0 saturated heterocycles. The van der Waals surface area contributed by atoms with Gasteiger partial charge in [-0.25, -0.2) is 9.97 Å². The maximum atomic E-state index is 5.56. The maximum Gasteiger partial charge on any atom is 0.161 e. The Bertz CT molecular complexity index is 3170. The number of hydrogen-bond donors (Lipinski definition) is 0. The van der Waals surface area contributed by atoms with Crippen molar-refractivity contribution in [1.29, 1.82) is 0 Å². The molecule has 1 heterocycles. The first-order valence-electron chi connectivity index (χ1n) is 20.4. The lowest BCUT2D eigenvalue weighted by molar-refractivity contribution is 0.663. The van der Waals surface area contributed by atoms with Gasteiger partial charge in [-0.1, -0.05) is 190 Å². The molecule has 0 fully saturated rings. The molecule has 0 unspecified atom stereocenters. The average molecular weight is 753 g/mol. The van der Waals surface area contributed by atoms with Gasteiger partial charge in [0.1, 0.15) is 0 Å². The van der Waals surface area contributed by atoms with Crippen LogP contribution in [0.1, 0.15) is 25.0 Å². The molecule has 1 aliphatic rings. The summed E-state index contributed by atoms with van der Waals surface area (Å²) in [5.41, 5.74) is 16.9. The van der Waals surface area contributed by atoms with Gasteiger partial charge in [-0.3, -0.25) is 0 Å². The van der Waals surface area contributed by atoms with Crippen LogP contribution < -0.4 is 0 Å². The first-order valence-corrected chi connectivity index (χ1v) is 20.4. The lowest BCUT2D eigenvalue weighted by atomic mass is 9.78. The Labute approximate surface area is 345 Å². The van der Waals surface area contributed by atoms with Crippen molar-refractivity contribution in [1.82, 2.24) is 9.97 Å². The second kappa shape index (κ2) is 13.9. The van der Waals surface area contributed by atoms with Gasteiger partial charge in [-0.2, -0.15) is 0 Å². The Hall–Kier alpha value is -7.42. The fourth-order valence-electron chi connectivity index (χ4n) is 9.38. The van der Waals surface area contributed by atoms with E-state index in [1.165, 1.54) is 66.2 Å². The van der Waals surface area contributed by atoms with Crippen molar-refractivity contribution in [3.63, 3.8) is 0 Å². The number of nitrogens with zero attached hydrogens (tertiary/aromatic N) is 2. The molecule has 0 amide bonds. The summed E-state index contributed by atoms with van der Waals surface area (Å²) in [7, 11) is 0. The van der Waals surface area contributed by atoms with Crippen molar-refractivity contribution >= 4 is 21.5 Å². The topological polar surface area (TPSA) is 25.8 Å². The van der Waals surface area contributed by atoms with E-state index in [2.05, 4.69) is 220 Å². The average Bonchev–Trinajstić information content (AvgIpc) is 3.55. The van der Waals surface area contributed by atoms with Gasteiger partial charge in [0, 0.05) is 27.7 Å². The predicted molar refractivity (Wildman–Crippen MR) is 247 cm³/mol. The Morgan fingerprint density at radius 1 is 0.305 bits per heavy atom. The molecular weight excluding hydrogens is 713 g/mol. The highest BCUT2D eigenvalue weighted by Crippen LogP contribution is 2.54. The number of rotatable bonds is 6. The Morgan fingerprint density at radius 3 is 1.41 bits per heavy atom. The van der Waals surface area contributed by atoms with E-state index in [-0.39, 0.29) is 5.41 Å². The van der Waals surface area contributed by atoms with Crippen molar-refractivity contribution in [2.45, 2.75) is 19.3 Å². The Kier molecular flexibility index (Phi) is 8.20. The lowest BCUT2D eigenvalue weighted by Crippen LogP contribution is -2.18. The van der Waals surface area contributed by atoms with Crippen LogP contribution in [-0.2, 0) is 5.41 Å². The summed E-state index contributed by atoms with van der Waals surface area (Å²) in [5.74, 6) is 0.743. The predicted octanol–water partition coefficient (Wildman–Crippen LogP) is 15.1. The van der Waals surface area contributed by atoms with Crippen LogP contribution in [0.15, 0.2) is 206 Å². The summed E-state index contributed by atoms with van der Waals surface area (Å²) >= 11 is 0. The fourth-order valence-corrected chi connectivity index (χ4v) is 9.38. The highest BCUT2D eigenvalue weighted by molar-refractivity contribution is 6.00. The number of benzene rings is 9. The largest absolute Gasteiger partial charge is 0.228 e. The van der Waals surface area contributed by atoms with Gasteiger partial charge >= 0.3 is 0 Å². The Balaban J connectivity index is 1.08. The molecule has 2 heteroatoms. The third-order valence-electron chi connectivity index (χ3n) is 12.2. The van der Waals surface area contributed by atoms with Gasteiger partial charge in [-0.15, -0.1) is 0 Å². The quantitative estimate of drug-likeness (QED) is 0.169. The highest BCUT2D eigenvalue weighted by atomic mass is 14.9. The van der Waals surface area contributed by atoms with E-state index in [0.29, 0.717) is 0 Å². The fraction of sp³-hybridized carbons (Fsp3) is 0.0526. The van der Waals surface area contributed by atoms with Crippen LogP contribution in [0.3, 0.4) is 0 Å².